The second-order valence-electron chi connectivity index (χ2n) is 6.33. The van der Waals surface area contributed by atoms with Gasteiger partial charge >= 0.3 is 0 Å². The number of anilines is 1. The zero-order valence-corrected chi connectivity index (χ0v) is 15.8. The highest BCUT2D eigenvalue weighted by Gasteiger charge is 2.13. The number of carbonyl (C=O) groups excluding carboxylic acids is 1. The quantitative estimate of drug-likeness (QED) is 0.498. The van der Waals surface area contributed by atoms with Gasteiger partial charge in [0.05, 0.1) is 13.4 Å². The molecule has 2 aromatic heterocycles. The molecule has 4 aromatic rings. The Balaban J connectivity index is 1.36. The van der Waals surface area contributed by atoms with E-state index in [0.717, 1.165) is 16.9 Å². The largest absolute Gasteiger partial charge is 0.496 e. The van der Waals surface area contributed by atoms with Crippen LogP contribution in [0.2, 0.25) is 0 Å². The molecular weight excluding hydrogens is 370 g/mol. The van der Waals surface area contributed by atoms with Crippen molar-refractivity contribution in [3.63, 3.8) is 0 Å². The number of benzene rings is 2. The van der Waals surface area contributed by atoms with Crippen LogP contribution < -0.4 is 10.1 Å². The number of amides is 1. The summed E-state index contributed by atoms with van der Waals surface area (Å²) in [6.07, 6.45) is 2.51. The molecule has 0 bridgehead atoms. The standard InChI is InChI=1S/C22H19N3O4/c1-27-18-6-3-2-5-15(18)10-13-20(26)23-17-11-8-16(9-12-17)21-24-25-22(29-21)19-7-4-14-28-19/h2-9,11-12,14H,10,13H2,1H3,(H,23,26). The number of furan rings is 1. The maximum atomic E-state index is 12.3. The number of rotatable bonds is 7. The molecule has 0 aliphatic carbocycles. The summed E-state index contributed by atoms with van der Waals surface area (Å²) in [4.78, 5) is 12.3. The number of aromatic nitrogens is 2. The summed E-state index contributed by atoms with van der Waals surface area (Å²) in [6.45, 7) is 0. The molecule has 0 atom stereocenters. The van der Waals surface area contributed by atoms with Gasteiger partial charge in [0.15, 0.2) is 5.76 Å². The summed E-state index contributed by atoms with van der Waals surface area (Å²) in [5, 5.41) is 10.9. The average Bonchev–Trinajstić information content (AvgIpc) is 3.45. The normalized spacial score (nSPS) is 10.7. The number of nitrogens with zero attached hydrogens (tertiary/aromatic N) is 2. The average molecular weight is 389 g/mol. The van der Waals surface area contributed by atoms with Crippen molar-refractivity contribution in [1.29, 1.82) is 0 Å². The Labute approximate surface area is 167 Å². The molecule has 1 amide bonds. The number of ether oxygens (including phenoxy) is 1. The van der Waals surface area contributed by atoms with Crippen molar-refractivity contribution in [2.75, 3.05) is 12.4 Å². The molecule has 0 saturated carbocycles. The lowest BCUT2D eigenvalue weighted by atomic mass is 10.1. The van der Waals surface area contributed by atoms with Crippen molar-refractivity contribution in [3.05, 3.63) is 72.5 Å². The smallest absolute Gasteiger partial charge is 0.283 e. The molecule has 7 heteroatoms. The fourth-order valence-electron chi connectivity index (χ4n) is 2.92. The predicted molar refractivity (Wildman–Crippen MR) is 107 cm³/mol. The SMILES string of the molecule is COc1ccccc1CCC(=O)Nc1ccc(-c2nnc(-c3ccco3)o2)cc1. The van der Waals surface area contributed by atoms with Crippen LogP contribution >= 0.6 is 0 Å². The predicted octanol–water partition coefficient (Wildman–Crippen LogP) is 4.58. The topological polar surface area (TPSA) is 90.4 Å². The highest BCUT2D eigenvalue weighted by molar-refractivity contribution is 5.91. The molecule has 2 heterocycles. The fourth-order valence-corrected chi connectivity index (χ4v) is 2.92. The fraction of sp³-hybridized carbons (Fsp3) is 0.136. The maximum absolute atomic E-state index is 12.3. The highest BCUT2D eigenvalue weighted by atomic mass is 16.5. The maximum Gasteiger partial charge on any atom is 0.283 e. The molecule has 146 valence electrons. The van der Waals surface area contributed by atoms with Gasteiger partial charge in [-0.05, 0) is 54.4 Å². The van der Waals surface area contributed by atoms with Crippen LogP contribution in [0.4, 0.5) is 5.69 Å². The van der Waals surface area contributed by atoms with Crippen molar-refractivity contribution in [2.45, 2.75) is 12.8 Å². The zero-order valence-electron chi connectivity index (χ0n) is 15.8. The Bertz CT molecular complexity index is 1090. The first-order valence-corrected chi connectivity index (χ1v) is 9.12. The van der Waals surface area contributed by atoms with Gasteiger partial charge in [0.2, 0.25) is 11.8 Å². The Kier molecular flexibility index (Phi) is 5.38. The van der Waals surface area contributed by atoms with Gasteiger partial charge in [-0.2, -0.15) is 0 Å². The first kappa shape index (κ1) is 18.5. The van der Waals surface area contributed by atoms with Gasteiger partial charge in [0.1, 0.15) is 5.75 Å². The first-order valence-electron chi connectivity index (χ1n) is 9.12. The Morgan fingerprint density at radius 3 is 2.55 bits per heavy atom. The molecule has 0 unspecified atom stereocenters. The van der Waals surface area contributed by atoms with Crippen molar-refractivity contribution in [3.8, 4) is 28.9 Å². The number of para-hydroxylation sites is 1. The Morgan fingerprint density at radius 1 is 1.00 bits per heavy atom. The summed E-state index contributed by atoms with van der Waals surface area (Å²) in [5.74, 6) is 1.94. The summed E-state index contributed by atoms with van der Waals surface area (Å²) in [7, 11) is 1.63. The molecule has 0 fully saturated rings. The van der Waals surface area contributed by atoms with Crippen LogP contribution in [0.25, 0.3) is 23.1 Å². The molecule has 1 N–H and O–H groups in total. The Hall–Kier alpha value is -3.87. The van der Waals surface area contributed by atoms with E-state index in [-0.39, 0.29) is 5.91 Å². The zero-order chi connectivity index (χ0) is 20.1. The van der Waals surface area contributed by atoms with Gasteiger partial charge in [0.25, 0.3) is 5.89 Å². The van der Waals surface area contributed by atoms with E-state index in [9.17, 15) is 4.79 Å². The van der Waals surface area contributed by atoms with Crippen LogP contribution in [-0.2, 0) is 11.2 Å². The number of aryl methyl sites for hydroxylation is 1. The summed E-state index contributed by atoms with van der Waals surface area (Å²) >= 11 is 0. The summed E-state index contributed by atoms with van der Waals surface area (Å²) in [6, 6.07) is 18.4. The lowest BCUT2D eigenvalue weighted by Gasteiger charge is -2.09. The van der Waals surface area contributed by atoms with Crippen molar-refractivity contribution < 1.29 is 18.4 Å². The van der Waals surface area contributed by atoms with Gasteiger partial charge in [0, 0.05) is 17.7 Å². The number of hydrogen-bond acceptors (Lipinski definition) is 6. The lowest BCUT2D eigenvalue weighted by Crippen LogP contribution is -2.12. The third kappa shape index (κ3) is 4.35. The summed E-state index contributed by atoms with van der Waals surface area (Å²) < 4.78 is 16.2. The summed E-state index contributed by atoms with van der Waals surface area (Å²) in [5.41, 5.74) is 2.45. The van der Waals surface area contributed by atoms with E-state index in [4.69, 9.17) is 13.6 Å². The first-order chi connectivity index (χ1) is 14.2. The van der Waals surface area contributed by atoms with E-state index in [0.29, 0.717) is 36.1 Å². The molecule has 0 aliphatic rings. The number of hydrogen-bond donors (Lipinski definition) is 1. The van der Waals surface area contributed by atoms with Crippen LogP contribution in [-0.4, -0.2) is 23.2 Å². The van der Waals surface area contributed by atoms with Gasteiger partial charge < -0.3 is 18.9 Å². The van der Waals surface area contributed by atoms with Crippen LogP contribution in [0.5, 0.6) is 5.75 Å². The molecule has 29 heavy (non-hydrogen) atoms. The molecule has 0 aliphatic heterocycles. The molecule has 2 aromatic carbocycles. The Morgan fingerprint density at radius 2 is 1.79 bits per heavy atom. The van der Waals surface area contributed by atoms with Gasteiger partial charge in [-0.3, -0.25) is 4.79 Å². The van der Waals surface area contributed by atoms with Crippen molar-refractivity contribution in [2.24, 2.45) is 0 Å². The minimum absolute atomic E-state index is 0.0680. The van der Waals surface area contributed by atoms with E-state index >= 15 is 0 Å². The van der Waals surface area contributed by atoms with E-state index in [1.54, 1.807) is 37.6 Å². The van der Waals surface area contributed by atoms with Crippen LogP contribution in [0.1, 0.15) is 12.0 Å². The van der Waals surface area contributed by atoms with Gasteiger partial charge in [-0.1, -0.05) is 18.2 Å². The second kappa shape index (κ2) is 8.43. The third-order valence-corrected chi connectivity index (χ3v) is 4.39. The number of methoxy groups -OCH3 is 1. The minimum Gasteiger partial charge on any atom is -0.496 e. The monoisotopic (exact) mass is 389 g/mol. The van der Waals surface area contributed by atoms with E-state index in [2.05, 4.69) is 15.5 Å². The van der Waals surface area contributed by atoms with Gasteiger partial charge in [-0.25, -0.2) is 0 Å². The molecule has 0 radical (unpaired) electrons. The van der Waals surface area contributed by atoms with Crippen molar-refractivity contribution >= 4 is 11.6 Å². The van der Waals surface area contributed by atoms with E-state index in [1.165, 1.54) is 0 Å². The van der Waals surface area contributed by atoms with Crippen LogP contribution in [0.15, 0.2) is 75.8 Å². The number of carbonyl (C=O) groups is 1. The van der Waals surface area contributed by atoms with Gasteiger partial charge in [-0.15, -0.1) is 10.2 Å². The third-order valence-electron chi connectivity index (χ3n) is 4.39. The molecular formula is C22H19N3O4. The number of nitrogens with one attached hydrogen (secondary N) is 1. The van der Waals surface area contributed by atoms with E-state index < -0.39 is 0 Å². The molecule has 7 nitrogen and oxygen atoms in total. The second-order valence-corrected chi connectivity index (χ2v) is 6.33. The highest BCUT2D eigenvalue weighted by Crippen LogP contribution is 2.25. The molecule has 4 rings (SSSR count). The van der Waals surface area contributed by atoms with Crippen LogP contribution in [0, 0.1) is 0 Å². The van der Waals surface area contributed by atoms with Crippen LogP contribution in [0.3, 0.4) is 0 Å². The molecule has 0 saturated heterocycles. The van der Waals surface area contributed by atoms with Crippen molar-refractivity contribution in [1.82, 2.24) is 10.2 Å². The minimum atomic E-state index is -0.0680. The molecule has 0 spiro atoms. The lowest BCUT2D eigenvalue weighted by molar-refractivity contribution is -0.116. The van der Waals surface area contributed by atoms with E-state index in [1.807, 2.05) is 36.4 Å².